The number of aryl methyl sites for hydroxylation is 2. The topological polar surface area (TPSA) is 75.9 Å². The van der Waals surface area contributed by atoms with Gasteiger partial charge in [-0.1, -0.05) is 0 Å². The van der Waals surface area contributed by atoms with Crippen LogP contribution in [0, 0.1) is 13.8 Å². The maximum Gasteiger partial charge on any atom is 0.220 e. The fraction of sp³-hybridized carbons (Fsp3) is 0.500. The molecule has 1 N–H and O–H groups in total. The van der Waals surface area contributed by atoms with Crippen LogP contribution in [-0.2, 0) is 11.3 Å². The minimum absolute atomic E-state index is 0.0866. The third-order valence-electron chi connectivity index (χ3n) is 4.04. The molecule has 1 aliphatic rings. The number of carbonyl (C=O) groups is 1. The van der Waals surface area contributed by atoms with Crippen molar-refractivity contribution < 1.29 is 4.79 Å². The van der Waals surface area contributed by atoms with Crippen LogP contribution in [0.3, 0.4) is 0 Å². The molecule has 3 rings (SSSR count). The van der Waals surface area contributed by atoms with Gasteiger partial charge in [0.1, 0.15) is 11.6 Å². The van der Waals surface area contributed by atoms with Gasteiger partial charge in [-0.15, -0.1) is 0 Å². The molecule has 3 heterocycles. The van der Waals surface area contributed by atoms with Crippen molar-refractivity contribution in [2.45, 2.75) is 39.8 Å². The summed E-state index contributed by atoms with van der Waals surface area (Å²) in [7, 11) is 0. The van der Waals surface area contributed by atoms with Crippen molar-refractivity contribution in [2.75, 3.05) is 18.4 Å². The molecule has 122 valence electrons. The van der Waals surface area contributed by atoms with Gasteiger partial charge in [0, 0.05) is 32.3 Å². The van der Waals surface area contributed by atoms with E-state index >= 15 is 0 Å². The van der Waals surface area contributed by atoms with Gasteiger partial charge in [-0.3, -0.25) is 9.48 Å². The third-order valence-corrected chi connectivity index (χ3v) is 4.04. The van der Waals surface area contributed by atoms with Crippen molar-refractivity contribution in [1.82, 2.24) is 24.6 Å². The standard InChI is InChI=1S/C16H22N6O/c1-11-4-7-21(20-11)9-6-17-16-10-14(18-12(2)19-16)15-5-8-22(15)13(3)23/h4,7,10,15H,5-6,8-9H2,1-3H3,(H,17,18,19)/t15-/m1/s1. The fourth-order valence-corrected chi connectivity index (χ4v) is 2.81. The highest BCUT2D eigenvalue weighted by atomic mass is 16.2. The van der Waals surface area contributed by atoms with E-state index in [0.717, 1.165) is 49.1 Å². The summed E-state index contributed by atoms with van der Waals surface area (Å²) in [5.41, 5.74) is 1.93. The number of nitrogens with zero attached hydrogens (tertiary/aromatic N) is 5. The van der Waals surface area contributed by atoms with Crippen molar-refractivity contribution in [2.24, 2.45) is 0 Å². The van der Waals surface area contributed by atoms with Crippen LogP contribution in [0.5, 0.6) is 0 Å². The van der Waals surface area contributed by atoms with Crippen molar-refractivity contribution in [1.29, 1.82) is 0 Å². The van der Waals surface area contributed by atoms with E-state index in [1.54, 1.807) is 6.92 Å². The molecule has 1 fully saturated rings. The van der Waals surface area contributed by atoms with Crippen LogP contribution in [0.2, 0.25) is 0 Å². The van der Waals surface area contributed by atoms with E-state index in [1.165, 1.54) is 0 Å². The van der Waals surface area contributed by atoms with Crippen LogP contribution < -0.4 is 5.32 Å². The van der Waals surface area contributed by atoms with E-state index in [2.05, 4.69) is 20.4 Å². The zero-order chi connectivity index (χ0) is 16.4. The molecule has 0 aromatic carbocycles. The Balaban J connectivity index is 1.64. The van der Waals surface area contributed by atoms with Gasteiger partial charge in [0.05, 0.1) is 24.0 Å². The van der Waals surface area contributed by atoms with E-state index in [1.807, 2.05) is 41.8 Å². The van der Waals surface area contributed by atoms with Crippen LogP contribution in [0.15, 0.2) is 18.3 Å². The largest absolute Gasteiger partial charge is 0.368 e. The molecule has 0 spiro atoms. The average molecular weight is 314 g/mol. The van der Waals surface area contributed by atoms with Gasteiger partial charge >= 0.3 is 0 Å². The molecule has 23 heavy (non-hydrogen) atoms. The number of anilines is 1. The predicted octanol–water partition coefficient (Wildman–Crippen LogP) is 1.70. The molecule has 1 aliphatic heterocycles. The number of carbonyl (C=O) groups excluding carboxylic acids is 1. The van der Waals surface area contributed by atoms with Crippen LogP contribution in [0.1, 0.15) is 36.6 Å². The quantitative estimate of drug-likeness (QED) is 0.909. The first kappa shape index (κ1) is 15.5. The number of rotatable bonds is 5. The van der Waals surface area contributed by atoms with Crippen LogP contribution in [0.25, 0.3) is 0 Å². The van der Waals surface area contributed by atoms with Crippen LogP contribution >= 0.6 is 0 Å². The lowest BCUT2D eigenvalue weighted by atomic mass is 9.99. The summed E-state index contributed by atoms with van der Waals surface area (Å²) in [5, 5.41) is 7.67. The molecular formula is C16H22N6O. The molecule has 0 aliphatic carbocycles. The highest BCUT2D eigenvalue weighted by Crippen LogP contribution is 2.32. The summed E-state index contributed by atoms with van der Waals surface area (Å²) in [4.78, 5) is 22.3. The summed E-state index contributed by atoms with van der Waals surface area (Å²) < 4.78 is 1.90. The van der Waals surface area contributed by atoms with Gasteiger partial charge < -0.3 is 10.2 Å². The molecule has 0 bridgehead atoms. The molecule has 1 atom stereocenters. The van der Waals surface area contributed by atoms with Gasteiger partial charge in [0.2, 0.25) is 5.91 Å². The molecular weight excluding hydrogens is 292 g/mol. The Bertz CT molecular complexity index is 710. The summed E-state index contributed by atoms with van der Waals surface area (Å²) in [6.45, 7) is 7.77. The third kappa shape index (κ3) is 3.49. The predicted molar refractivity (Wildman–Crippen MR) is 87.0 cm³/mol. The monoisotopic (exact) mass is 314 g/mol. The lowest BCUT2D eigenvalue weighted by Gasteiger charge is -2.40. The number of amides is 1. The highest BCUT2D eigenvalue weighted by Gasteiger charge is 2.32. The maximum absolute atomic E-state index is 11.6. The SMILES string of the molecule is CC(=O)N1CC[C@@H]1c1cc(NCCn2ccc(C)n2)nc(C)n1. The van der Waals surface area contributed by atoms with E-state index in [-0.39, 0.29) is 11.9 Å². The first-order chi connectivity index (χ1) is 11.0. The number of hydrogen-bond acceptors (Lipinski definition) is 5. The number of nitrogens with one attached hydrogen (secondary N) is 1. The Morgan fingerprint density at radius 1 is 1.39 bits per heavy atom. The molecule has 0 unspecified atom stereocenters. The Morgan fingerprint density at radius 3 is 2.83 bits per heavy atom. The van der Waals surface area contributed by atoms with Gasteiger partial charge in [-0.2, -0.15) is 5.10 Å². The number of aromatic nitrogens is 4. The number of likely N-dealkylation sites (tertiary alicyclic amines) is 1. The van der Waals surface area contributed by atoms with E-state index in [9.17, 15) is 4.79 Å². The van der Waals surface area contributed by atoms with Gasteiger partial charge in [0.25, 0.3) is 0 Å². The summed E-state index contributed by atoms with van der Waals surface area (Å²) in [6, 6.07) is 4.02. The Kier molecular flexibility index (Phi) is 4.27. The number of hydrogen-bond donors (Lipinski definition) is 1. The van der Waals surface area contributed by atoms with Crippen molar-refractivity contribution in [3.05, 3.63) is 35.5 Å². The Morgan fingerprint density at radius 2 is 2.22 bits per heavy atom. The molecule has 0 radical (unpaired) electrons. The fourth-order valence-electron chi connectivity index (χ4n) is 2.81. The second kappa shape index (κ2) is 6.36. The normalized spacial score (nSPS) is 17.0. The van der Waals surface area contributed by atoms with E-state index in [0.29, 0.717) is 0 Å². The molecule has 1 saturated heterocycles. The molecule has 7 nitrogen and oxygen atoms in total. The van der Waals surface area contributed by atoms with E-state index < -0.39 is 0 Å². The van der Waals surface area contributed by atoms with Crippen molar-refractivity contribution in [3.8, 4) is 0 Å². The smallest absolute Gasteiger partial charge is 0.220 e. The molecule has 7 heteroatoms. The van der Waals surface area contributed by atoms with Crippen LogP contribution in [0.4, 0.5) is 5.82 Å². The molecule has 1 amide bonds. The highest BCUT2D eigenvalue weighted by molar-refractivity contribution is 5.74. The molecule has 2 aromatic rings. The van der Waals surface area contributed by atoms with Gasteiger partial charge in [-0.05, 0) is 26.3 Å². The zero-order valence-electron chi connectivity index (χ0n) is 13.8. The second-order valence-electron chi connectivity index (χ2n) is 5.89. The summed E-state index contributed by atoms with van der Waals surface area (Å²) in [6.07, 6.45) is 2.93. The minimum Gasteiger partial charge on any atom is -0.368 e. The lowest BCUT2D eigenvalue weighted by Crippen LogP contribution is -2.44. The first-order valence-corrected chi connectivity index (χ1v) is 7.89. The lowest BCUT2D eigenvalue weighted by molar-refractivity contribution is -0.136. The molecule has 2 aromatic heterocycles. The second-order valence-corrected chi connectivity index (χ2v) is 5.89. The molecule has 0 saturated carbocycles. The van der Waals surface area contributed by atoms with E-state index in [4.69, 9.17) is 0 Å². The zero-order valence-corrected chi connectivity index (χ0v) is 13.8. The van der Waals surface area contributed by atoms with Gasteiger partial charge in [-0.25, -0.2) is 9.97 Å². The van der Waals surface area contributed by atoms with Gasteiger partial charge in [0.15, 0.2) is 0 Å². The first-order valence-electron chi connectivity index (χ1n) is 7.89. The summed E-state index contributed by atoms with van der Waals surface area (Å²) in [5.74, 6) is 1.61. The van der Waals surface area contributed by atoms with Crippen molar-refractivity contribution >= 4 is 11.7 Å². The van der Waals surface area contributed by atoms with Crippen molar-refractivity contribution in [3.63, 3.8) is 0 Å². The summed E-state index contributed by atoms with van der Waals surface area (Å²) >= 11 is 0. The Hall–Kier alpha value is -2.44. The average Bonchev–Trinajstić information content (AvgIpc) is 2.82. The minimum atomic E-state index is 0.0866. The van der Waals surface area contributed by atoms with Crippen LogP contribution in [-0.4, -0.2) is 43.6 Å². The maximum atomic E-state index is 11.6. The Labute approximate surface area is 135 Å².